The Balaban J connectivity index is 2.26. The van der Waals surface area contributed by atoms with Gasteiger partial charge in [0.15, 0.2) is 0 Å². The molecule has 0 aliphatic carbocycles. The van der Waals surface area contributed by atoms with Crippen LogP contribution < -0.4 is 11.5 Å². The van der Waals surface area contributed by atoms with Crippen molar-refractivity contribution in [1.82, 2.24) is 9.97 Å². The first-order chi connectivity index (χ1) is 8.88. The molecule has 0 amide bonds. The van der Waals surface area contributed by atoms with Crippen LogP contribution in [0.3, 0.4) is 0 Å². The molecule has 1 aromatic heterocycles. The number of hydrogen-bond donors (Lipinski definition) is 2. The Morgan fingerprint density at radius 3 is 1.95 bits per heavy atom. The molecule has 1 atom stereocenters. The second-order valence-corrected chi connectivity index (χ2v) is 5.80. The standard InChI is InChI=1S/C15H20N4/c1-15(2,3)13(16)11-6-4-10(5-7-11)12-8-18-14(17)19-9-12/h4-9,13H,16H2,1-3H3,(H2,17,18,19). The maximum Gasteiger partial charge on any atom is 0.219 e. The fraction of sp³-hybridized carbons (Fsp3) is 0.333. The predicted octanol–water partition coefficient (Wildman–Crippen LogP) is 2.77. The third-order valence-corrected chi connectivity index (χ3v) is 3.21. The van der Waals surface area contributed by atoms with Crippen LogP contribution in [0, 0.1) is 5.41 Å². The van der Waals surface area contributed by atoms with Gasteiger partial charge in [-0.2, -0.15) is 0 Å². The van der Waals surface area contributed by atoms with Crippen LogP contribution in [0.2, 0.25) is 0 Å². The van der Waals surface area contributed by atoms with Crippen molar-refractivity contribution in [1.29, 1.82) is 0 Å². The van der Waals surface area contributed by atoms with Gasteiger partial charge in [-0.1, -0.05) is 45.0 Å². The third kappa shape index (κ3) is 3.09. The first kappa shape index (κ1) is 13.5. The second-order valence-electron chi connectivity index (χ2n) is 5.80. The number of nitrogens with zero attached hydrogens (tertiary/aromatic N) is 2. The van der Waals surface area contributed by atoms with Gasteiger partial charge in [0.1, 0.15) is 0 Å². The second kappa shape index (κ2) is 4.97. The van der Waals surface area contributed by atoms with E-state index in [2.05, 4.69) is 42.9 Å². The minimum absolute atomic E-state index is 0.0178. The molecule has 0 spiro atoms. The van der Waals surface area contributed by atoms with Crippen LogP contribution in [0.15, 0.2) is 36.7 Å². The van der Waals surface area contributed by atoms with Crippen molar-refractivity contribution < 1.29 is 0 Å². The maximum atomic E-state index is 6.24. The van der Waals surface area contributed by atoms with Crippen LogP contribution in [0.1, 0.15) is 32.4 Å². The van der Waals surface area contributed by atoms with E-state index in [0.29, 0.717) is 0 Å². The summed E-state index contributed by atoms with van der Waals surface area (Å²) in [5.74, 6) is 0.287. The Morgan fingerprint density at radius 2 is 1.47 bits per heavy atom. The molecule has 1 unspecified atom stereocenters. The van der Waals surface area contributed by atoms with E-state index < -0.39 is 0 Å². The molecular weight excluding hydrogens is 236 g/mol. The van der Waals surface area contributed by atoms with Crippen molar-refractivity contribution in [3.05, 3.63) is 42.2 Å². The molecule has 1 aromatic carbocycles. The number of hydrogen-bond acceptors (Lipinski definition) is 4. The van der Waals surface area contributed by atoms with Gasteiger partial charge in [0.2, 0.25) is 5.95 Å². The van der Waals surface area contributed by atoms with Crippen molar-refractivity contribution in [3.8, 4) is 11.1 Å². The number of aromatic nitrogens is 2. The first-order valence-corrected chi connectivity index (χ1v) is 6.31. The molecule has 0 aliphatic heterocycles. The van der Waals surface area contributed by atoms with Crippen LogP contribution in [-0.4, -0.2) is 9.97 Å². The van der Waals surface area contributed by atoms with Gasteiger partial charge in [-0.3, -0.25) is 0 Å². The number of nitrogens with two attached hydrogens (primary N) is 2. The van der Waals surface area contributed by atoms with E-state index in [1.807, 2.05) is 12.1 Å². The molecule has 100 valence electrons. The lowest BCUT2D eigenvalue weighted by molar-refractivity contribution is 0.327. The Bertz CT molecular complexity index is 538. The highest BCUT2D eigenvalue weighted by molar-refractivity contribution is 5.62. The number of anilines is 1. The molecule has 4 nitrogen and oxygen atoms in total. The summed E-state index contributed by atoms with van der Waals surface area (Å²) in [6.07, 6.45) is 3.45. The monoisotopic (exact) mass is 256 g/mol. The molecule has 0 saturated carbocycles. The van der Waals surface area contributed by atoms with Crippen LogP contribution in [-0.2, 0) is 0 Å². The van der Waals surface area contributed by atoms with E-state index in [-0.39, 0.29) is 17.4 Å². The number of nitrogen functional groups attached to an aromatic ring is 1. The summed E-state index contributed by atoms with van der Waals surface area (Å²) in [6, 6.07) is 8.21. The molecule has 4 N–H and O–H groups in total. The lowest BCUT2D eigenvalue weighted by Crippen LogP contribution is -2.26. The maximum absolute atomic E-state index is 6.24. The summed E-state index contributed by atoms with van der Waals surface area (Å²) in [6.45, 7) is 6.41. The summed E-state index contributed by atoms with van der Waals surface area (Å²) in [5.41, 5.74) is 14.9. The zero-order valence-corrected chi connectivity index (χ0v) is 11.6. The minimum Gasteiger partial charge on any atom is -0.368 e. The molecule has 4 heteroatoms. The lowest BCUT2D eigenvalue weighted by Gasteiger charge is -2.27. The summed E-state index contributed by atoms with van der Waals surface area (Å²) in [4.78, 5) is 7.99. The van der Waals surface area contributed by atoms with E-state index in [1.165, 1.54) is 0 Å². The zero-order chi connectivity index (χ0) is 14.0. The minimum atomic E-state index is 0.0178. The summed E-state index contributed by atoms with van der Waals surface area (Å²) < 4.78 is 0. The van der Waals surface area contributed by atoms with Crippen molar-refractivity contribution in [2.24, 2.45) is 11.1 Å². The lowest BCUT2D eigenvalue weighted by atomic mass is 9.83. The highest BCUT2D eigenvalue weighted by Gasteiger charge is 2.21. The molecule has 0 bridgehead atoms. The third-order valence-electron chi connectivity index (χ3n) is 3.21. The van der Waals surface area contributed by atoms with Gasteiger partial charge < -0.3 is 11.5 Å². The average Bonchev–Trinajstić information content (AvgIpc) is 2.38. The molecule has 19 heavy (non-hydrogen) atoms. The Kier molecular flexibility index (Phi) is 3.53. The van der Waals surface area contributed by atoms with E-state index in [0.717, 1.165) is 16.7 Å². The smallest absolute Gasteiger partial charge is 0.219 e. The number of rotatable bonds is 2. The fourth-order valence-electron chi connectivity index (χ4n) is 1.87. The first-order valence-electron chi connectivity index (χ1n) is 6.31. The van der Waals surface area contributed by atoms with Gasteiger partial charge in [-0.15, -0.1) is 0 Å². The van der Waals surface area contributed by atoms with Crippen LogP contribution in [0.5, 0.6) is 0 Å². The SMILES string of the molecule is CC(C)(C)C(N)c1ccc(-c2cnc(N)nc2)cc1. The van der Waals surface area contributed by atoms with Crippen LogP contribution in [0.4, 0.5) is 5.95 Å². The van der Waals surface area contributed by atoms with Crippen LogP contribution in [0.25, 0.3) is 11.1 Å². The normalized spacial score (nSPS) is 13.3. The predicted molar refractivity (Wildman–Crippen MR) is 78.3 cm³/mol. The fourth-order valence-corrected chi connectivity index (χ4v) is 1.87. The Hall–Kier alpha value is -1.94. The topological polar surface area (TPSA) is 77.8 Å². The molecule has 2 aromatic rings. The molecule has 2 rings (SSSR count). The van der Waals surface area contributed by atoms with E-state index in [1.54, 1.807) is 12.4 Å². The number of benzene rings is 1. The molecule has 0 saturated heterocycles. The molecular formula is C15H20N4. The van der Waals surface area contributed by atoms with E-state index in [4.69, 9.17) is 11.5 Å². The van der Waals surface area contributed by atoms with E-state index >= 15 is 0 Å². The van der Waals surface area contributed by atoms with Crippen LogP contribution >= 0.6 is 0 Å². The summed E-state index contributed by atoms with van der Waals surface area (Å²) in [5, 5.41) is 0. The summed E-state index contributed by atoms with van der Waals surface area (Å²) >= 11 is 0. The molecule has 0 radical (unpaired) electrons. The van der Waals surface area contributed by atoms with E-state index in [9.17, 15) is 0 Å². The van der Waals surface area contributed by atoms with Gasteiger partial charge in [0.05, 0.1) is 0 Å². The van der Waals surface area contributed by atoms with Gasteiger partial charge in [0.25, 0.3) is 0 Å². The van der Waals surface area contributed by atoms with Gasteiger partial charge in [0, 0.05) is 24.0 Å². The van der Waals surface area contributed by atoms with Gasteiger partial charge in [-0.25, -0.2) is 9.97 Å². The molecule has 1 heterocycles. The van der Waals surface area contributed by atoms with Crippen molar-refractivity contribution in [2.75, 3.05) is 5.73 Å². The van der Waals surface area contributed by atoms with Crippen molar-refractivity contribution in [2.45, 2.75) is 26.8 Å². The summed E-state index contributed by atoms with van der Waals surface area (Å²) in [7, 11) is 0. The Labute approximate surface area is 113 Å². The molecule has 0 fully saturated rings. The van der Waals surface area contributed by atoms with Crippen molar-refractivity contribution in [3.63, 3.8) is 0 Å². The van der Waals surface area contributed by atoms with Crippen molar-refractivity contribution >= 4 is 5.95 Å². The largest absolute Gasteiger partial charge is 0.368 e. The highest BCUT2D eigenvalue weighted by Crippen LogP contribution is 2.31. The van der Waals surface area contributed by atoms with Gasteiger partial charge in [-0.05, 0) is 16.5 Å². The molecule has 0 aliphatic rings. The zero-order valence-electron chi connectivity index (χ0n) is 11.6. The average molecular weight is 256 g/mol. The van der Waals surface area contributed by atoms with Gasteiger partial charge >= 0.3 is 0 Å². The highest BCUT2D eigenvalue weighted by atomic mass is 15.0. The Morgan fingerprint density at radius 1 is 0.947 bits per heavy atom. The quantitative estimate of drug-likeness (QED) is 0.866.